The van der Waals surface area contributed by atoms with Gasteiger partial charge in [-0.3, -0.25) is 0 Å². The van der Waals surface area contributed by atoms with Crippen molar-refractivity contribution in [3.8, 4) is 16.9 Å². The zero-order chi connectivity index (χ0) is 17.0. The van der Waals surface area contributed by atoms with Crippen LogP contribution in [0.3, 0.4) is 0 Å². The molecule has 0 spiro atoms. The second kappa shape index (κ2) is 7.42. The molecule has 0 fully saturated rings. The Morgan fingerprint density at radius 2 is 1.57 bits per heavy atom. The van der Waals surface area contributed by atoms with E-state index < -0.39 is 0 Å². The Labute approximate surface area is 143 Å². The number of hydrogen-bond donors (Lipinski definition) is 1. The summed E-state index contributed by atoms with van der Waals surface area (Å²) < 4.78 is 3.02. The van der Waals surface area contributed by atoms with Gasteiger partial charge in [0.05, 0.1) is 0 Å². The summed E-state index contributed by atoms with van der Waals surface area (Å²) >= 11 is 5.71. The lowest BCUT2D eigenvalue weighted by molar-refractivity contribution is 0.475. The van der Waals surface area contributed by atoms with Gasteiger partial charge in [-0.2, -0.15) is 0 Å². The number of para-hydroxylation sites is 1. The standard InChI is InChI=1S/C18H17NOS.C2H6/c1-12(2)19-17-6-4-3-5-14(17)11-16(18(19)21)13-7-9-15(20)10-8-13;1-2/h3-12,20H,1-2H3;1-2H3. The summed E-state index contributed by atoms with van der Waals surface area (Å²) in [7, 11) is 0. The van der Waals surface area contributed by atoms with Crippen molar-refractivity contribution < 1.29 is 5.11 Å². The minimum absolute atomic E-state index is 0.266. The minimum atomic E-state index is 0.266. The van der Waals surface area contributed by atoms with Crippen molar-refractivity contribution in [1.29, 1.82) is 0 Å². The highest BCUT2D eigenvalue weighted by Crippen LogP contribution is 2.29. The van der Waals surface area contributed by atoms with Gasteiger partial charge in [0, 0.05) is 17.1 Å². The van der Waals surface area contributed by atoms with Crippen LogP contribution in [0.25, 0.3) is 22.0 Å². The molecule has 0 bridgehead atoms. The van der Waals surface area contributed by atoms with Crippen LogP contribution in [0, 0.1) is 4.64 Å². The summed E-state index contributed by atoms with van der Waals surface area (Å²) in [5.74, 6) is 0.266. The molecule has 2 nitrogen and oxygen atoms in total. The lowest BCUT2D eigenvalue weighted by atomic mass is 10.0. The molecule has 23 heavy (non-hydrogen) atoms. The fraction of sp³-hybridized carbons (Fsp3) is 0.250. The van der Waals surface area contributed by atoms with E-state index in [9.17, 15) is 5.11 Å². The number of benzene rings is 2. The summed E-state index contributed by atoms with van der Waals surface area (Å²) in [6.07, 6.45) is 0. The third kappa shape index (κ3) is 3.45. The van der Waals surface area contributed by atoms with Gasteiger partial charge in [0.15, 0.2) is 0 Å². The summed E-state index contributed by atoms with van der Waals surface area (Å²) in [6.45, 7) is 8.28. The average molecular weight is 325 g/mol. The van der Waals surface area contributed by atoms with Gasteiger partial charge in [-0.15, -0.1) is 0 Å². The molecular weight excluding hydrogens is 302 g/mol. The number of aromatic hydroxyl groups is 1. The third-order valence-electron chi connectivity index (χ3n) is 3.64. The highest BCUT2D eigenvalue weighted by molar-refractivity contribution is 7.71. The van der Waals surface area contributed by atoms with Crippen molar-refractivity contribution in [3.05, 3.63) is 59.2 Å². The number of aromatic nitrogens is 1. The van der Waals surface area contributed by atoms with E-state index in [0.29, 0.717) is 6.04 Å². The van der Waals surface area contributed by atoms with Gasteiger partial charge in [0.2, 0.25) is 0 Å². The van der Waals surface area contributed by atoms with Crippen molar-refractivity contribution in [1.82, 2.24) is 4.57 Å². The Balaban J connectivity index is 0.000000924. The summed E-state index contributed by atoms with van der Waals surface area (Å²) in [4.78, 5) is 0. The van der Waals surface area contributed by atoms with Gasteiger partial charge in [-0.05, 0) is 49.1 Å². The Morgan fingerprint density at radius 1 is 0.957 bits per heavy atom. The Kier molecular flexibility index (Phi) is 5.56. The van der Waals surface area contributed by atoms with Crippen LogP contribution < -0.4 is 0 Å². The quantitative estimate of drug-likeness (QED) is 0.555. The number of nitrogens with zero attached hydrogens (tertiary/aromatic N) is 1. The van der Waals surface area contributed by atoms with E-state index in [4.69, 9.17) is 12.2 Å². The molecule has 0 saturated heterocycles. The maximum atomic E-state index is 9.46. The van der Waals surface area contributed by atoms with Crippen LogP contribution in [0.15, 0.2) is 54.6 Å². The van der Waals surface area contributed by atoms with Crippen molar-refractivity contribution in [2.24, 2.45) is 0 Å². The fourth-order valence-corrected chi connectivity index (χ4v) is 3.13. The lowest BCUT2D eigenvalue weighted by Crippen LogP contribution is -2.05. The number of phenolic OH excluding ortho intramolecular Hbond substituents is 1. The molecule has 0 saturated carbocycles. The van der Waals surface area contributed by atoms with Gasteiger partial charge < -0.3 is 9.67 Å². The predicted octanol–water partition coefficient (Wildman–Crippen LogP) is 6.35. The number of hydrogen-bond acceptors (Lipinski definition) is 2. The van der Waals surface area contributed by atoms with E-state index in [1.807, 2.05) is 38.1 Å². The van der Waals surface area contributed by atoms with Crippen LogP contribution in [-0.4, -0.2) is 9.67 Å². The van der Waals surface area contributed by atoms with Gasteiger partial charge in [0.1, 0.15) is 10.4 Å². The second-order valence-electron chi connectivity index (χ2n) is 5.43. The molecule has 2 aromatic carbocycles. The predicted molar refractivity (Wildman–Crippen MR) is 102 cm³/mol. The molecule has 3 heteroatoms. The average Bonchev–Trinajstić information content (AvgIpc) is 2.56. The molecule has 0 radical (unpaired) electrons. The van der Waals surface area contributed by atoms with E-state index in [1.54, 1.807) is 12.1 Å². The maximum absolute atomic E-state index is 9.46. The van der Waals surface area contributed by atoms with Gasteiger partial charge in [-0.1, -0.05) is 56.4 Å². The van der Waals surface area contributed by atoms with E-state index in [1.165, 1.54) is 5.39 Å². The van der Waals surface area contributed by atoms with Crippen molar-refractivity contribution in [2.75, 3.05) is 0 Å². The molecule has 0 amide bonds. The molecule has 3 rings (SSSR count). The molecular formula is C20H23NOS. The monoisotopic (exact) mass is 325 g/mol. The zero-order valence-corrected chi connectivity index (χ0v) is 14.9. The van der Waals surface area contributed by atoms with E-state index >= 15 is 0 Å². The highest BCUT2D eigenvalue weighted by atomic mass is 32.1. The Morgan fingerprint density at radius 3 is 2.17 bits per heavy atom. The molecule has 0 unspecified atom stereocenters. The molecule has 0 aliphatic heterocycles. The van der Waals surface area contributed by atoms with Crippen LogP contribution >= 0.6 is 12.2 Å². The first-order chi connectivity index (χ1) is 11.1. The maximum Gasteiger partial charge on any atom is 0.115 e. The first-order valence-corrected chi connectivity index (χ1v) is 8.42. The van der Waals surface area contributed by atoms with Gasteiger partial charge >= 0.3 is 0 Å². The SMILES string of the molecule is CC.CC(C)n1c(=S)c(-c2ccc(O)cc2)cc2ccccc21. The van der Waals surface area contributed by atoms with Crippen molar-refractivity contribution >= 4 is 23.1 Å². The molecule has 1 aromatic heterocycles. The second-order valence-corrected chi connectivity index (χ2v) is 5.82. The number of pyridine rings is 1. The molecule has 120 valence electrons. The van der Waals surface area contributed by atoms with Gasteiger partial charge in [-0.25, -0.2) is 0 Å². The highest BCUT2D eigenvalue weighted by Gasteiger charge is 2.10. The Hall–Kier alpha value is -2.13. The van der Waals surface area contributed by atoms with Crippen molar-refractivity contribution in [2.45, 2.75) is 33.7 Å². The first-order valence-electron chi connectivity index (χ1n) is 8.01. The zero-order valence-electron chi connectivity index (χ0n) is 14.1. The third-order valence-corrected chi connectivity index (χ3v) is 4.06. The van der Waals surface area contributed by atoms with Gasteiger partial charge in [0.25, 0.3) is 0 Å². The molecule has 1 heterocycles. The van der Waals surface area contributed by atoms with Crippen LogP contribution in [0.1, 0.15) is 33.7 Å². The molecule has 1 N–H and O–H groups in total. The van der Waals surface area contributed by atoms with Crippen LogP contribution in [-0.2, 0) is 0 Å². The largest absolute Gasteiger partial charge is 0.508 e. The summed E-state index contributed by atoms with van der Waals surface area (Å²) in [5.41, 5.74) is 3.20. The number of rotatable bonds is 2. The molecule has 0 atom stereocenters. The smallest absolute Gasteiger partial charge is 0.115 e. The lowest BCUT2D eigenvalue weighted by Gasteiger charge is -2.18. The topological polar surface area (TPSA) is 25.2 Å². The van der Waals surface area contributed by atoms with Crippen molar-refractivity contribution in [3.63, 3.8) is 0 Å². The van der Waals surface area contributed by atoms with Crippen LogP contribution in [0.5, 0.6) is 5.75 Å². The number of fused-ring (bicyclic) bond motifs is 1. The van der Waals surface area contributed by atoms with Crippen LogP contribution in [0.2, 0.25) is 0 Å². The fourth-order valence-electron chi connectivity index (χ4n) is 2.65. The van der Waals surface area contributed by atoms with Crippen LogP contribution in [0.4, 0.5) is 0 Å². The summed E-state index contributed by atoms with van der Waals surface area (Å²) in [6, 6.07) is 17.9. The van der Waals surface area contributed by atoms with E-state index in [0.717, 1.165) is 21.3 Å². The summed E-state index contributed by atoms with van der Waals surface area (Å²) in [5, 5.41) is 10.6. The van der Waals surface area contributed by atoms with E-state index in [2.05, 4.69) is 36.6 Å². The molecule has 0 aliphatic rings. The molecule has 0 aliphatic carbocycles. The number of phenols is 1. The molecule has 3 aromatic rings. The Bertz CT molecular complexity index is 848. The minimum Gasteiger partial charge on any atom is -0.508 e. The normalized spacial score (nSPS) is 10.5. The first kappa shape index (κ1) is 17.2. The van der Waals surface area contributed by atoms with E-state index in [-0.39, 0.29) is 5.75 Å².